The van der Waals surface area contributed by atoms with E-state index in [-0.39, 0.29) is 41.9 Å². The van der Waals surface area contributed by atoms with Crippen LogP contribution in [0.4, 0.5) is 5.69 Å². The minimum atomic E-state index is -3.19. The minimum absolute atomic E-state index is 0.00113. The van der Waals surface area contributed by atoms with Gasteiger partial charge in [-0.25, -0.2) is 8.42 Å². The average Bonchev–Trinajstić information content (AvgIpc) is 3.27. The second kappa shape index (κ2) is 9.41. The van der Waals surface area contributed by atoms with Gasteiger partial charge in [-0.1, -0.05) is 42.1 Å². The van der Waals surface area contributed by atoms with Crippen LogP contribution in [-0.2, 0) is 26.0 Å². The largest absolute Gasteiger partial charge is 0.497 e. The smallest absolute Gasteiger partial charge is 0.316 e. The molecule has 0 aromatic heterocycles. The van der Waals surface area contributed by atoms with E-state index >= 15 is 0 Å². The normalized spacial score (nSPS) is 21.1. The zero-order valence-electron chi connectivity index (χ0n) is 17.8. The summed E-state index contributed by atoms with van der Waals surface area (Å²) in [6, 6.07) is 14.1. The fourth-order valence-electron chi connectivity index (χ4n) is 3.80. The van der Waals surface area contributed by atoms with E-state index in [1.54, 1.807) is 26.4 Å². The number of carbonyl (C=O) groups is 1. The second-order valence-electron chi connectivity index (χ2n) is 7.47. The molecule has 32 heavy (non-hydrogen) atoms. The third-order valence-corrected chi connectivity index (χ3v) is 7.95. The number of ether oxygens (including phenoxy) is 3. The highest BCUT2D eigenvalue weighted by molar-refractivity contribution is 8.14. The maximum Gasteiger partial charge on any atom is 0.316 e. The first-order valence-corrected chi connectivity index (χ1v) is 12.8. The first-order valence-electron chi connectivity index (χ1n) is 10.0. The molecule has 2 atom stereocenters. The number of fused-ring (bicyclic) bond motifs is 1. The summed E-state index contributed by atoms with van der Waals surface area (Å²) in [5, 5.41) is 0.579. The van der Waals surface area contributed by atoms with E-state index in [2.05, 4.69) is 4.99 Å². The fraction of sp³-hybridized carbons (Fsp3) is 0.364. The molecule has 0 unspecified atom stereocenters. The van der Waals surface area contributed by atoms with Crippen LogP contribution < -0.4 is 14.4 Å². The maximum absolute atomic E-state index is 12.3. The van der Waals surface area contributed by atoms with Crippen molar-refractivity contribution in [1.29, 1.82) is 0 Å². The molecule has 0 N–H and O–H groups in total. The van der Waals surface area contributed by atoms with E-state index in [4.69, 9.17) is 14.2 Å². The van der Waals surface area contributed by atoms with Crippen molar-refractivity contribution in [3.63, 3.8) is 0 Å². The summed E-state index contributed by atoms with van der Waals surface area (Å²) in [4.78, 5) is 18.8. The number of nitrogens with zero attached hydrogens (tertiary/aromatic N) is 2. The van der Waals surface area contributed by atoms with Crippen molar-refractivity contribution in [3.8, 4) is 11.5 Å². The van der Waals surface area contributed by atoms with Crippen LogP contribution >= 0.6 is 11.8 Å². The molecular formula is C22H24N2O6S2. The van der Waals surface area contributed by atoms with Gasteiger partial charge >= 0.3 is 5.97 Å². The Bertz CT molecular complexity index is 1120. The Kier molecular flexibility index (Phi) is 6.61. The lowest BCUT2D eigenvalue weighted by molar-refractivity contribution is -0.141. The Hall–Kier alpha value is -2.72. The van der Waals surface area contributed by atoms with Crippen molar-refractivity contribution in [2.45, 2.75) is 18.7 Å². The number of amidine groups is 1. The number of sulfone groups is 1. The van der Waals surface area contributed by atoms with Crippen LogP contribution in [-0.4, -0.2) is 63.1 Å². The average molecular weight is 477 g/mol. The number of benzene rings is 2. The van der Waals surface area contributed by atoms with E-state index in [9.17, 15) is 13.2 Å². The maximum atomic E-state index is 12.3. The van der Waals surface area contributed by atoms with Crippen LogP contribution in [0.25, 0.3) is 0 Å². The lowest BCUT2D eigenvalue weighted by atomic mass is 10.1. The number of thioether (sulfide) groups is 1. The number of methoxy groups -OCH3 is 2. The summed E-state index contributed by atoms with van der Waals surface area (Å²) in [7, 11) is -0.0810. The molecule has 0 bridgehead atoms. The second-order valence-corrected chi connectivity index (χ2v) is 10.6. The van der Waals surface area contributed by atoms with E-state index in [0.29, 0.717) is 22.4 Å². The summed E-state index contributed by atoms with van der Waals surface area (Å²) in [5.74, 6) is 0.846. The van der Waals surface area contributed by atoms with Gasteiger partial charge in [0.05, 0.1) is 49.2 Å². The molecule has 170 valence electrons. The molecule has 0 aliphatic carbocycles. The SMILES string of the molecule is COc1ccc(N2C(SCC(=O)OCc3ccccc3)=N[C@H]3CS(=O)(=O)C[C@@H]32)c(OC)c1. The molecule has 1 fully saturated rings. The van der Waals surface area contributed by atoms with E-state index in [1.807, 2.05) is 41.3 Å². The molecule has 8 nitrogen and oxygen atoms in total. The molecule has 2 heterocycles. The summed E-state index contributed by atoms with van der Waals surface area (Å²) < 4.78 is 40.6. The van der Waals surface area contributed by atoms with Crippen LogP contribution in [0.5, 0.6) is 11.5 Å². The van der Waals surface area contributed by atoms with Gasteiger partial charge in [-0.05, 0) is 17.7 Å². The van der Waals surface area contributed by atoms with Gasteiger partial charge in [0.15, 0.2) is 15.0 Å². The van der Waals surface area contributed by atoms with Crippen LogP contribution in [0.3, 0.4) is 0 Å². The molecule has 2 aromatic rings. The third kappa shape index (κ3) is 4.86. The number of aliphatic imine (C=N–C) groups is 1. The molecule has 10 heteroatoms. The number of hydrogen-bond acceptors (Lipinski definition) is 9. The minimum Gasteiger partial charge on any atom is -0.497 e. The summed E-state index contributed by atoms with van der Waals surface area (Å²) in [5.41, 5.74) is 1.59. The first kappa shape index (κ1) is 22.5. The van der Waals surface area contributed by atoms with Crippen molar-refractivity contribution in [2.75, 3.05) is 36.4 Å². The third-order valence-electron chi connectivity index (χ3n) is 5.32. The molecule has 0 amide bonds. The molecule has 4 rings (SSSR count). The predicted molar refractivity (Wildman–Crippen MR) is 124 cm³/mol. The van der Waals surface area contributed by atoms with Crippen molar-refractivity contribution in [3.05, 3.63) is 54.1 Å². The monoisotopic (exact) mass is 476 g/mol. The molecule has 0 radical (unpaired) electrons. The molecule has 2 aliphatic heterocycles. The van der Waals surface area contributed by atoms with Gasteiger partial charge in [-0.2, -0.15) is 0 Å². The lowest BCUT2D eigenvalue weighted by Crippen LogP contribution is -2.39. The summed E-state index contributed by atoms with van der Waals surface area (Å²) in [6.45, 7) is 0.201. The van der Waals surface area contributed by atoms with Crippen LogP contribution in [0.1, 0.15) is 5.56 Å². The highest BCUT2D eigenvalue weighted by Gasteiger charge is 2.47. The Balaban J connectivity index is 1.51. The number of anilines is 1. The first-order chi connectivity index (χ1) is 15.4. The highest BCUT2D eigenvalue weighted by atomic mass is 32.2. The molecule has 2 aliphatic rings. The molecule has 1 saturated heterocycles. The van der Waals surface area contributed by atoms with Gasteiger partial charge in [0, 0.05) is 6.07 Å². The summed E-state index contributed by atoms with van der Waals surface area (Å²) >= 11 is 1.24. The Morgan fingerprint density at radius 1 is 1.12 bits per heavy atom. The zero-order valence-corrected chi connectivity index (χ0v) is 19.4. The van der Waals surface area contributed by atoms with Crippen LogP contribution in [0.15, 0.2) is 53.5 Å². The van der Waals surface area contributed by atoms with Gasteiger partial charge in [0.1, 0.15) is 18.1 Å². The van der Waals surface area contributed by atoms with Crippen molar-refractivity contribution >= 4 is 38.4 Å². The van der Waals surface area contributed by atoms with Crippen LogP contribution in [0, 0.1) is 0 Å². The highest BCUT2D eigenvalue weighted by Crippen LogP contribution is 2.40. The Morgan fingerprint density at radius 3 is 2.62 bits per heavy atom. The van der Waals surface area contributed by atoms with Gasteiger partial charge in [0.2, 0.25) is 0 Å². The number of rotatable bonds is 7. The standard InChI is InChI=1S/C22H24N2O6S2/c1-28-16-8-9-18(20(10-16)29-2)24-19-14-32(26,27)13-17(19)23-22(24)31-12-21(25)30-11-15-6-4-3-5-7-15/h3-10,17,19H,11-14H2,1-2H3/t17-,19-/m0/s1. The number of carbonyl (C=O) groups excluding carboxylic acids is 1. The van der Waals surface area contributed by atoms with Gasteiger partial charge < -0.3 is 19.1 Å². The van der Waals surface area contributed by atoms with Gasteiger partial charge in [-0.3, -0.25) is 9.79 Å². The quantitative estimate of drug-likeness (QED) is 0.563. The van der Waals surface area contributed by atoms with E-state index < -0.39 is 9.84 Å². The molecule has 0 saturated carbocycles. The molecule has 2 aromatic carbocycles. The van der Waals surface area contributed by atoms with Crippen LogP contribution in [0.2, 0.25) is 0 Å². The van der Waals surface area contributed by atoms with Gasteiger partial charge in [0.25, 0.3) is 0 Å². The Labute approximate surface area is 191 Å². The molecular weight excluding hydrogens is 452 g/mol. The number of esters is 1. The van der Waals surface area contributed by atoms with E-state index in [0.717, 1.165) is 5.56 Å². The van der Waals surface area contributed by atoms with Crippen molar-refractivity contribution in [2.24, 2.45) is 4.99 Å². The van der Waals surface area contributed by atoms with E-state index in [1.165, 1.54) is 11.8 Å². The lowest BCUT2D eigenvalue weighted by Gasteiger charge is -2.28. The zero-order chi connectivity index (χ0) is 22.7. The molecule has 0 spiro atoms. The fourth-order valence-corrected chi connectivity index (χ4v) is 6.56. The van der Waals surface area contributed by atoms with Crippen molar-refractivity contribution in [1.82, 2.24) is 0 Å². The van der Waals surface area contributed by atoms with Gasteiger partial charge in [-0.15, -0.1) is 0 Å². The topological polar surface area (TPSA) is 94.5 Å². The Morgan fingerprint density at radius 2 is 1.91 bits per heavy atom. The number of hydrogen-bond donors (Lipinski definition) is 0. The summed E-state index contributed by atoms with van der Waals surface area (Å²) in [6.07, 6.45) is 0. The van der Waals surface area contributed by atoms with Crippen molar-refractivity contribution < 1.29 is 27.4 Å². The predicted octanol–water partition coefficient (Wildman–Crippen LogP) is 2.52.